The predicted octanol–water partition coefficient (Wildman–Crippen LogP) is 4.37. The van der Waals surface area contributed by atoms with E-state index in [1.54, 1.807) is 5.30 Å². The Balaban J connectivity index is 2.55. The first-order valence-corrected chi connectivity index (χ1v) is 8.49. The summed E-state index contributed by atoms with van der Waals surface area (Å²) < 4.78 is 0. The molecule has 1 unspecified atom stereocenters. The number of aryl methyl sites for hydroxylation is 2. The van der Waals surface area contributed by atoms with E-state index < -0.39 is 0 Å². The van der Waals surface area contributed by atoms with Gasteiger partial charge >= 0.3 is 0 Å². The van der Waals surface area contributed by atoms with E-state index in [0.717, 1.165) is 0 Å². The van der Waals surface area contributed by atoms with Gasteiger partial charge in [-0.1, -0.05) is 43.3 Å². The first kappa shape index (κ1) is 14.3. The molecule has 1 atom stereocenters. The molecule has 0 aliphatic rings. The third kappa shape index (κ3) is 2.74. The zero-order chi connectivity index (χ0) is 14.0. The monoisotopic (exact) mass is 270 g/mol. The van der Waals surface area contributed by atoms with Crippen LogP contribution in [0, 0.1) is 27.7 Å². The average molecular weight is 270 g/mol. The largest absolute Gasteiger partial charge is 0.0620 e. The van der Waals surface area contributed by atoms with E-state index in [1.165, 1.54) is 33.7 Å². The van der Waals surface area contributed by atoms with Crippen LogP contribution in [0.4, 0.5) is 0 Å². The van der Waals surface area contributed by atoms with Gasteiger partial charge in [-0.2, -0.15) is 0 Å². The minimum absolute atomic E-state index is 0.219. The average Bonchev–Trinajstić information content (AvgIpc) is 2.41. The van der Waals surface area contributed by atoms with Crippen LogP contribution in [0.15, 0.2) is 36.4 Å². The summed E-state index contributed by atoms with van der Waals surface area (Å²) in [5.41, 5.74) is 5.76. The van der Waals surface area contributed by atoms with Crippen molar-refractivity contribution in [3.05, 3.63) is 58.7 Å². The van der Waals surface area contributed by atoms with E-state index >= 15 is 0 Å². The second-order valence-corrected chi connectivity index (χ2v) is 7.63. The van der Waals surface area contributed by atoms with Gasteiger partial charge in [-0.25, -0.2) is 0 Å². The molecule has 2 rings (SSSR count). The van der Waals surface area contributed by atoms with Gasteiger partial charge in [-0.3, -0.25) is 0 Å². The molecular formula is C18H23P. The second kappa shape index (κ2) is 5.88. The smallest absolute Gasteiger partial charge is 0.0163 e. The quantitative estimate of drug-likeness (QED) is 0.726. The van der Waals surface area contributed by atoms with Crippen LogP contribution >= 0.6 is 7.92 Å². The molecule has 0 aliphatic carbocycles. The van der Waals surface area contributed by atoms with Gasteiger partial charge in [0, 0.05) is 0 Å². The van der Waals surface area contributed by atoms with Crippen LogP contribution in [0.5, 0.6) is 0 Å². The minimum Gasteiger partial charge on any atom is -0.0620 e. The summed E-state index contributed by atoms with van der Waals surface area (Å²) >= 11 is 0. The molecule has 0 aliphatic heterocycles. The molecule has 0 fully saturated rings. The zero-order valence-corrected chi connectivity index (χ0v) is 13.5. The maximum Gasteiger partial charge on any atom is -0.0163 e. The SMILES string of the molecule is CCP(c1ccccc1C)c1ccc(C)c(C)c1C. The van der Waals surface area contributed by atoms with Crippen LogP contribution < -0.4 is 10.6 Å². The molecule has 0 N–H and O–H groups in total. The summed E-state index contributed by atoms with van der Waals surface area (Å²) in [5, 5.41) is 3.08. The van der Waals surface area contributed by atoms with Crippen molar-refractivity contribution < 1.29 is 0 Å². The number of rotatable bonds is 3. The summed E-state index contributed by atoms with van der Waals surface area (Å²) in [7, 11) is -0.219. The highest BCUT2D eigenvalue weighted by molar-refractivity contribution is 7.73. The fourth-order valence-corrected chi connectivity index (χ4v) is 5.11. The number of hydrogen-bond acceptors (Lipinski definition) is 0. The van der Waals surface area contributed by atoms with Crippen molar-refractivity contribution in [2.75, 3.05) is 6.16 Å². The summed E-state index contributed by atoms with van der Waals surface area (Å²) in [6, 6.07) is 13.5. The fraction of sp³-hybridized carbons (Fsp3) is 0.333. The third-order valence-electron chi connectivity index (χ3n) is 4.04. The Hall–Kier alpha value is -1.13. The summed E-state index contributed by atoms with van der Waals surface area (Å²) in [6.07, 6.45) is 1.21. The lowest BCUT2D eigenvalue weighted by molar-refractivity contribution is 1.28. The van der Waals surface area contributed by atoms with Crippen molar-refractivity contribution in [3.63, 3.8) is 0 Å². The van der Waals surface area contributed by atoms with Gasteiger partial charge in [-0.05, 0) is 74.6 Å². The van der Waals surface area contributed by atoms with Gasteiger partial charge in [0.15, 0.2) is 0 Å². The molecule has 0 nitrogen and oxygen atoms in total. The molecular weight excluding hydrogens is 247 g/mol. The van der Waals surface area contributed by atoms with Gasteiger partial charge in [0.25, 0.3) is 0 Å². The molecule has 0 spiro atoms. The van der Waals surface area contributed by atoms with E-state index in [2.05, 4.69) is 71.0 Å². The van der Waals surface area contributed by atoms with E-state index in [0.29, 0.717) is 0 Å². The third-order valence-corrected chi connectivity index (χ3v) is 6.82. The molecule has 0 aromatic heterocycles. The highest BCUT2D eigenvalue weighted by Gasteiger charge is 2.16. The number of hydrogen-bond donors (Lipinski definition) is 0. The standard InChI is InChI=1S/C18H23P/c1-6-19(17-10-8-7-9-14(17)3)18-12-11-13(2)15(4)16(18)5/h7-12H,6H2,1-5H3. The van der Waals surface area contributed by atoms with Gasteiger partial charge in [0.05, 0.1) is 0 Å². The van der Waals surface area contributed by atoms with Gasteiger partial charge in [0.2, 0.25) is 0 Å². The van der Waals surface area contributed by atoms with E-state index in [-0.39, 0.29) is 7.92 Å². The van der Waals surface area contributed by atoms with Crippen molar-refractivity contribution in [2.24, 2.45) is 0 Å². The highest BCUT2D eigenvalue weighted by Crippen LogP contribution is 2.36. The maximum atomic E-state index is 2.35. The Labute approximate surface area is 118 Å². The van der Waals surface area contributed by atoms with E-state index in [9.17, 15) is 0 Å². The van der Waals surface area contributed by atoms with Crippen molar-refractivity contribution in [3.8, 4) is 0 Å². The van der Waals surface area contributed by atoms with E-state index in [1.807, 2.05) is 0 Å². The predicted molar refractivity (Wildman–Crippen MR) is 88.6 cm³/mol. The zero-order valence-electron chi connectivity index (χ0n) is 12.6. The Kier molecular flexibility index (Phi) is 4.42. The minimum atomic E-state index is -0.219. The van der Waals surface area contributed by atoms with Gasteiger partial charge in [-0.15, -0.1) is 0 Å². The molecule has 100 valence electrons. The van der Waals surface area contributed by atoms with E-state index in [4.69, 9.17) is 0 Å². The lowest BCUT2D eigenvalue weighted by Gasteiger charge is -2.22. The maximum absolute atomic E-state index is 2.35. The first-order valence-electron chi connectivity index (χ1n) is 6.96. The molecule has 0 heterocycles. The molecule has 0 saturated carbocycles. The van der Waals surface area contributed by atoms with Crippen LogP contribution in [0.3, 0.4) is 0 Å². The van der Waals surface area contributed by atoms with Crippen LogP contribution in [-0.4, -0.2) is 6.16 Å². The van der Waals surface area contributed by atoms with Gasteiger partial charge < -0.3 is 0 Å². The Bertz CT molecular complexity index is 584. The van der Waals surface area contributed by atoms with Crippen molar-refractivity contribution in [2.45, 2.75) is 34.6 Å². The second-order valence-electron chi connectivity index (χ2n) is 5.18. The Morgan fingerprint density at radius 1 is 0.737 bits per heavy atom. The molecule has 1 heteroatoms. The van der Waals surface area contributed by atoms with Crippen molar-refractivity contribution >= 4 is 18.5 Å². The fourth-order valence-electron chi connectivity index (χ4n) is 2.57. The first-order chi connectivity index (χ1) is 9.06. The summed E-state index contributed by atoms with van der Waals surface area (Å²) in [4.78, 5) is 0. The van der Waals surface area contributed by atoms with Crippen molar-refractivity contribution in [1.29, 1.82) is 0 Å². The summed E-state index contributed by atoms with van der Waals surface area (Å²) in [5.74, 6) is 0. The highest BCUT2D eigenvalue weighted by atomic mass is 31.1. The lowest BCUT2D eigenvalue weighted by atomic mass is 10.1. The Morgan fingerprint density at radius 3 is 2.05 bits per heavy atom. The lowest BCUT2D eigenvalue weighted by Crippen LogP contribution is -2.19. The van der Waals surface area contributed by atoms with Crippen LogP contribution in [-0.2, 0) is 0 Å². The molecule has 2 aromatic rings. The molecule has 2 aromatic carbocycles. The van der Waals surface area contributed by atoms with Crippen molar-refractivity contribution in [1.82, 2.24) is 0 Å². The van der Waals surface area contributed by atoms with Crippen LogP contribution in [0.1, 0.15) is 29.2 Å². The molecule has 0 radical (unpaired) electrons. The Morgan fingerprint density at radius 2 is 1.42 bits per heavy atom. The normalized spacial score (nSPS) is 12.5. The molecule has 19 heavy (non-hydrogen) atoms. The summed E-state index contributed by atoms with van der Waals surface area (Å²) in [6.45, 7) is 11.3. The van der Waals surface area contributed by atoms with Gasteiger partial charge in [0.1, 0.15) is 0 Å². The number of benzene rings is 2. The topological polar surface area (TPSA) is 0 Å². The molecule has 0 saturated heterocycles. The molecule has 0 bridgehead atoms. The van der Waals surface area contributed by atoms with Crippen LogP contribution in [0.25, 0.3) is 0 Å². The van der Waals surface area contributed by atoms with Crippen LogP contribution in [0.2, 0.25) is 0 Å². The molecule has 0 amide bonds.